The first-order chi connectivity index (χ1) is 13.0. The summed E-state index contributed by atoms with van der Waals surface area (Å²) in [6, 6.07) is 22.0. The highest BCUT2D eigenvalue weighted by molar-refractivity contribution is 6.08. The van der Waals surface area contributed by atoms with Gasteiger partial charge in [0.25, 0.3) is 0 Å². The lowest BCUT2D eigenvalue weighted by Gasteiger charge is -2.21. The van der Waals surface area contributed by atoms with Crippen LogP contribution in [0.4, 0.5) is 0 Å². The summed E-state index contributed by atoms with van der Waals surface area (Å²) in [6.07, 6.45) is -0.269. The number of phenols is 1. The van der Waals surface area contributed by atoms with Crippen LogP contribution in [0, 0.1) is 20.8 Å². The van der Waals surface area contributed by atoms with Gasteiger partial charge >= 0.3 is 0 Å². The van der Waals surface area contributed by atoms with E-state index in [0.29, 0.717) is 0 Å². The predicted molar refractivity (Wildman–Crippen MR) is 108 cm³/mol. The fourth-order valence-electron chi connectivity index (χ4n) is 4.11. The van der Waals surface area contributed by atoms with Crippen LogP contribution in [0.5, 0.6) is 5.75 Å². The maximum atomic E-state index is 9.94. The van der Waals surface area contributed by atoms with E-state index in [1.165, 1.54) is 16.7 Å². The Bertz CT molecular complexity index is 985. The van der Waals surface area contributed by atoms with Crippen molar-refractivity contribution in [2.45, 2.75) is 32.8 Å². The molecule has 3 aromatic rings. The quantitative estimate of drug-likeness (QED) is 0.665. The van der Waals surface area contributed by atoms with Gasteiger partial charge in [-0.3, -0.25) is 0 Å². The van der Waals surface area contributed by atoms with E-state index >= 15 is 0 Å². The Morgan fingerprint density at radius 2 is 1.48 bits per heavy atom. The van der Waals surface area contributed by atoms with Gasteiger partial charge in [0.1, 0.15) is 5.75 Å². The van der Waals surface area contributed by atoms with Gasteiger partial charge in [-0.05, 0) is 55.2 Å². The zero-order valence-electron chi connectivity index (χ0n) is 15.8. The number of phenolic OH excluding ortho intramolecular Hbond substituents is 1. The van der Waals surface area contributed by atoms with Crippen molar-refractivity contribution in [3.8, 4) is 5.75 Å². The first-order valence-corrected chi connectivity index (χ1v) is 9.20. The minimum Gasteiger partial charge on any atom is -0.508 e. The average molecular weight is 357 g/mol. The summed E-state index contributed by atoms with van der Waals surface area (Å²) in [6.45, 7) is 6.37. The van der Waals surface area contributed by atoms with E-state index in [-0.39, 0.29) is 17.8 Å². The molecular formula is C24H23NO2. The lowest BCUT2D eigenvalue weighted by Crippen LogP contribution is -2.18. The van der Waals surface area contributed by atoms with Gasteiger partial charge in [-0.15, -0.1) is 0 Å². The largest absolute Gasteiger partial charge is 0.508 e. The molecule has 0 unspecified atom stereocenters. The highest BCUT2D eigenvalue weighted by atomic mass is 16.6. The topological polar surface area (TPSA) is 41.8 Å². The van der Waals surface area contributed by atoms with E-state index in [1.54, 1.807) is 12.1 Å². The van der Waals surface area contributed by atoms with Crippen LogP contribution < -0.4 is 0 Å². The standard InChI is InChI=1S/C24H23NO2/c1-15-12-16(2)21(17(3)13-15)23-22(18-8-5-4-6-9-18)24(27-25-23)19-10-7-11-20(26)14-19/h4-14,22,24,26H,1-3H3/t22-,24+/m0/s1. The van der Waals surface area contributed by atoms with Crippen molar-refractivity contribution < 1.29 is 9.94 Å². The highest BCUT2D eigenvalue weighted by Gasteiger charge is 2.38. The molecule has 0 saturated heterocycles. The van der Waals surface area contributed by atoms with Gasteiger partial charge in [-0.2, -0.15) is 0 Å². The van der Waals surface area contributed by atoms with Crippen molar-refractivity contribution in [1.29, 1.82) is 0 Å². The van der Waals surface area contributed by atoms with E-state index in [2.05, 4.69) is 50.2 Å². The Kier molecular flexibility index (Phi) is 4.44. The molecule has 1 aliphatic rings. The van der Waals surface area contributed by atoms with Crippen molar-refractivity contribution in [2.24, 2.45) is 5.16 Å². The number of oxime groups is 1. The number of rotatable bonds is 3. The van der Waals surface area contributed by atoms with Crippen molar-refractivity contribution >= 4 is 5.71 Å². The number of hydrogen-bond acceptors (Lipinski definition) is 3. The highest BCUT2D eigenvalue weighted by Crippen LogP contribution is 2.43. The van der Waals surface area contributed by atoms with E-state index in [1.807, 2.05) is 30.3 Å². The minimum absolute atomic E-state index is 0.0342. The summed E-state index contributed by atoms with van der Waals surface area (Å²) < 4.78 is 0. The molecule has 0 amide bonds. The maximum absolute atomic E-state index is 9.94. The molecule has 0 aromatic heterocycles. The number of aromatic hydroxyl groups is 1. The van der Waals surface area contributed by atoms with Gasteiger partial charge in [-0.25, -0.2) is 0 Å². The van der Waals surface area contributed by atoms with Crippen molar-refractivity contribution in [3.63, 3.8) is 0 Å². The molecule has 4 rings (SSSR count). The summed E-state index contributed by atoms with van der Waals surface area (Å²) in [4.78, 5) is 5.95. The van der Waals surface area contributed by atoms with Crippen LogP contribution in [0.25, 0.3) is 0 Å². The van der Waals surface area contributed by atoms with E-state index < -0.39 is 0 Å². The maximum Gasteiger partial charge on any atom is 0.165 e. The zero-order chi connectivity index (χ0) is 19.0. The molecule has 0 radical (unpaired) electrons. The van der Waals surface area contributed by atoms with Gasteiger partial charge in [0.2, 0.25) is 0 Å². The monoisotopic (exact) mass is 357 g/mol. The molecule has 3 aromatic carbocycles. The SMILES string of the molecule is Cc1cc(C)c(C2=NO[C@H](c3cccc(O)c3)[C@H]2c2ccccc2)c(C)c1. The third-order valence-corrected chi connectivity index (χ3v) is 5.15. The van der Waals surface area contributed by atoms with Crippen LogP contribution in [-0.4, -0.2) is 10.8 Å². The second-order valence-electron chi connectivity index (χ2n) is 7.26. The molecule has 27 heavy (non-hydrogen) atoms. The Hall–Kier alpha value is -3.07. The molecule has 0 spiro atoms. The number of hydrogen-bond donors (Lipinski definition) is 1. The van der Waals surface area contributed by atoms with Crippen LogP contribution in [0.2, 0.25) is 0 Å². The number of benzene rings is 3. The van der Waals surface area contributed by atoms with Gasteiger partial charge in [-0.1, -0.05) is 65.3 Å². The lowest BCUT2D eigenvalue weighted by atomic mass is 9.81. The van der Waals surface area contributed by atoms with Crippen molar-refractivity contribution in [3.05, 3.63) is 100 Å². The van der Waals surface area contributed by atoms with Gasteiger partial charge in [0.15, 0.2) is 6.10 Å². The molecule has 0 saturated carbocycles. The van der Waals surface area contributed by atoms with Crippen LogP contribution in [-0.2, 0) is 4.84 Å². The predicted octanol–water partition coefficient (Wildman–Crippen LogP) is 5.58. The summed E-state index contributed by atoms with van der Waals surface area (Å²) in [7, 11) is 0. The van der Waals surface area contributed by atoms with Gasteiger partial charge in [0, 0.05) is 5.56 Å². The van der Waals surface area contributed by atoms with Gasteiger partial charge in [0.05, 0.1) is 11.6 Å². The molecular weight excluding hydrogens is 334 g/mol. The van der Waals surface area contributed by atoms with Crippen LogP contribution in [0.15, 0.2) is 71.9 Å². The normalized spacial score (nSPS) is 18.9. The Morgan fingerprint density at radius 1 is 0.815 bits per heavy atom. The lowest BCUT2D eigenvalue weighted by molar-refractivity contribution is 0.0761. The summed E-state index contributed by atoms with van der Waals surface area (Å²) >= 11 is 0. The van der Waals surface area contributed by atoms with Crippen LogP contribution in [0.3, 0.4) is 0 Å². The van der Waals surface area contributed by atoms with E-state index in [9.17, 15) is 5.11 Å². The third-order valence-electron chi connectivity index (χ3n) is 5.15. The second kappa shape index (κ2) is 6.92. The summed E-state index contributed by atoms with van der Waals surface area (Å²) in [5.41, 5.74) is 7.82. The molecule has 0 bridgehead atoms. The molecule has 1 aliphatic heterocycles. The molecule has 2 atom stereocenters. The molecule has 3 nitrogen and oxygen atoms in total. The fraction of sp³-hybridized carbons (Fsp3) is 0.208. The molecule has 1 heterocycles. The minimum atomic E-state index is -0.269. The number of nitrogens with zero attached hydrogens (tertiary/aromatic N) is 1. The summed E-state index contributed by atoms with van der Waals surface area (Å²) in [5, 5.41) is 14.5. The first-order valence-electron chi connectivity index (χ1n) is 9.20. The van der Waals surface area contributed by atoms with Crippen LogP contribution in [0.1, 0.15) is 45.4 Å². The smallest absolute Gasteiger partial charge is 0.165 e. The van der Waals surface area contributed by atoms with E-state index in [0.717, 1.165) is 22.4 Å². The van der Waals surface area contributed by atoms with Crippen molar-refractivity contribution in [1.82, 2.24) is 0 Å². The number of aryl methyl sites for hydroxylation is 3. The third kappa shape index (κ3) is 3.21. The zero-order valence-corrected chi connectivity index (χ0v) is 15.8. The average Bonchev–Trinajstić information content (AvgIpc) is 3.06. The van der Waals surface area contributed by atoms with Crippen molar-refractivity contribution in [2.75, 3.05) is 0 Å². The Morgan fingerprint density at radius 3 is 2.15 bits per heavy atom. The molecule has 0 aliphatic carbocycles. The summed E-state index contributed by atoms with van der Waals surface area (Å²) in [5.74, 6) is 0.201. The molecule has 3 heteroatoms. The first kappa shape index (κ1) is 17.3. The molecule has 1 N–H and O–H groups in total. The van der Waals surface area contributed by atoms with Gasteiger partial charge < -0.3 is 9.94 Å². The fourth-order valence-corrected chi connectivity index (χ4v) is 4.11. The van der Waals surface area contributed by atoms with E-state index in [4.69, 9.17) is 4.84 Å². The Labute approximate surface area is 159 Å². The van der Waals surface area contributed by atoms with Crippen LogP contribution >= 0.6 is 0 Å². The molecule has 136 valence electrons. The molecule has 0 fully saturated rings. The Balaban J connectivity index is 1.85. The second-order valence-corrected chi connectivity index (χ2v) is 7.26.